The summed E-state index contributed by atoms with van der Waals surface area (Å²) in [6, 6.07) is 0. The van der Waals surface area contributed by atoms with E-state index in [0.29, 0.717) is 6.61 Å². The number of hydrogen-bond donors (Lipinski definition) is 1. The highest BCUT2D eigenvalue weighted by molar-refractivity contribution is 5.65. The zero-order valence-electron chi connectivity index (χ0n) is 16.5. The summed E-state index contributed by atoms with van der Waals surface area (Å²) in [5, 5.41) is 7.00. The van der Waals surface area contributed by atoms with Gasteiger partial charge in [0.25, 0.3) is 0 Å². The molecule has 0 aliphatic rings. The molecule has 0 unspecified atom stereocenters. The quantitative estimate of drug-likeness (QED) is 0.761. The monoisotopic (exact) mass is 325 g/mol. The molecule has 3 N–H and O–H groups in total. The molecule has 0 aromatic rings. The second-order valence-electron chi connectivity index (χ2n) is 4.73. The summed E-state index contributed by atoms with van der Waals surface area (Å²) in [5.74, 6) is 0.688. The summed E-state index contributed by atoms with van der Waals surface area (Å²) < 4.78 is 4.40. The van der Waals surface area contributed by atoms with Crippen LogP contribution in [0.2, 0.25) is 0 Å². The summed E-state index contributed by atoms with van der Waals surface area (Å²) >= 11 is 0. The number of carbonyl (C=O) groups is 1. The van der Waals surface area contributed by atoms with E-state index in [-0.39, 0.29) is 11.4 Å². The Hall–Kier alpha value is -0.650. The Morgan fingerprint density at radius 1 is 1.00 bits per heavy atom. The van der Waals surface area contributed by atoms with Gasteiger partial charge in [-0.2, -0.15) is 0 Å². The third-order valence-electron chi connectivity index (χ3n) is 2.56. The molecular formula is C17H43NO4. The molecule has 0 aromatic heterocycles. The highest BCUT2D eigenvalue weighted by Crippen LogP contribution is 2.00. The summed E-state index contributed by atoms with van der Waals surface area (Å²) in [7, 11) is 1.00. The second-order valence-corrected chi connectivity index (χ2v) is 4.73. The van der Waals surface area contributed by atoms with Crippen molar-refractivity contribution in [2.24, 2.45) is 5.92 Å². The average molecular weight is 326 g/mol. The average Bonchev–Trinajstić information content (AvgIpc) is 2.44. The molecule has 0 aliphatic carbocycles. The molecular weight excluding hydrogens is 282 g/mol. The van der Waals surface area contributed by atoms with Crippen LogP contribution in [0.15, 0.2) is 0 Å². The van der Waals surface area contributed by atoms with E-state index < -0.39 is 0 Å². The zero-order valence-corrected chi connectivity index (χ0v) is 16.5. The van der Waals surface area contributed by atoms with Crippen LogP contribution in [0.5, 0.6) is 0 Å². The Morgan fingerprint density at radius 2 is 1.36 bits per heavy atom. The molecule has 0 fully saturated rings. The van der Waals surface area contributed by atoms with Gasteiger partial charge < -0.3 is 20.2 Å². The number of esters is 1. The van der Waals surface area contributed by atoms with Crippen molar-refractivity contribution in [3.05, 3.63) is 0 Å². The summed E-state index contributed by atoms with van der Waals surface area (Å²) in [6.45, 7) is 20.5. The molecule has 0 aliphatic heterocycles. The zero-order chi connectivity index (χ0) is 17.7. The standard InChI is InChI=1S/C6H15N.C6H14.C4H8O2.CH4O.H2O/c1-4-7(5-2)6-3;1-4-5-6(2)3;1-3-6-4(2)5;1-2;/h4-6H2,1-3H3;6H,4-5H2,1-3H3;3H2,1-2H3;2H,1H3;1H2. The third kappa shape index (κ3) is 50.6. The molecule has 0 heterocycles. The third-order valence-corrected chi connectivity index (χ3v) is 2.56. The normalized spacial score (nSPS) is 8.36. The molecule has 5 heteroatoms. The number of rotatable bonds is 6. The fourth-order valence-corrected chi connectivity index (χ4v) is 1.45. The SMILES string of the molecule is CCCC(C)C.CCN(CC)CC.CCOC(C)=O.CO.O. The van der Waals surface area contributed by atoms with Gasteiger partial charge in [0, 0.05) is 14.0 Å². The van der Waals surface area contributed by atoms with Crippen LogP contribution in [-0.2, 0) is 9.53 Å². The molecule has 0 aromatic carbocycles. The molecule has 0 radical (unpaired) electrons. The van der Waals surface area contributed by atoms with Crippen molar-refractivity contribution >= 4 is 5.97 Å². The first-order valence-electron chi connectivity index (χ1n) is 8.19. The van der Waals surface area contributed by atoms with Crippen LogP contribution in [0.25, 0.3) is 0 Å². The van der Waals surface area contributed by atoms with Crippen molar-refractivity contribution in [3.8, 4) is 0 Å². The fraction of sp³-hybridized carbons (Fsp3) is 0.941. The van der Waals surface area contributed by atoms with Gasteiger partial charge in [-0.1, -0.05) is 54.4 Å². The predicted molar refractivity (Wildman–Crippen MR) is 97.3 cm³/mol. The number of hydrogen-bond acceptors (Lipinski definition) is 4. The van der Waals surface area contributed by atoms with E-state index in [4.69, 9.17) is 5.11 Å². The second kappa shape index (κ2) is 32.3. The van der Waals surface area contributed by atoms with E-state index in [1.54, 1.807) is 6.92 Å². The molecule has 0 saturated carbocycles. The van der Waals surface area contributed by atoms with Gasteiger partial charge in [-0.25, -0.2) is 0 Å². The van der Waals surface area contributed by atoms with E-state index >= 15 is 0 Å². The van der Waals surface area contributed by atoms with Crippen molar-refractivity contribution < 1.29 is 20.1 Å². The summed E-state index contributed by atoms with van der Waals surface area (Å²) in [5.41, 5.74) is 0. The lowest BCUT2D eigenvalue weighted by atomic mass is 10.1. The molecule has 22 heavy (non-hydrogen) atoms. The van der Waals surface area contributed by atoms with Gasteiger partial charge in [0.15, 0.2) is 0 Å². The highest BCUT2D eigenvalue weighted by atomic mass is 16.5. The molecule has 0 rings (SSSR count). The molecule has 140 valence electrons. The van der Waals surface area contributed by atoms with E-state index in [2.05, 4.69) is 51.2 Å². The van der Waals surface area contributed by atoms with Crippen molar-refractivity contribution in [3.63, 3.8) is 0 Å². The van der Waals surface area contributed by atoms with Gasteiger partial charge in [-0.15, -0.1) is 0 Å². The molecule has 0 bridgehead atoms. The Kier molecular flexibility index (Phi) is 48.6. The van der Waals surface area contributed by atoms with E-state index in [0.717, 1.165) is 13.0 Å². The summed E-state index contributed by atoms with van der Waals surface area (Å²) in [4.78, 5) is 12.2. The minimum Gasteiger partial charge on any atom is -0.466 e. The van der Waals surface area contributed by atoms with Crippen molar-refractivity contribution in [2.75, 3.05) is 33.4 Å². The number of aliphatic hydroxyl groups excluding tert-OH is 1. The summed E-state index contributed by atoms with van der Waals surface area (Å²) in [6.07, 6.45) is 2.71. The number of carbonyl (C=O) groups excluding carboxylic acids is 1. The fourth-order valence-electron chi connectivity index (χ4n) is 1.45. The highest BCUT2D eigenvalue weighted by Gasteiger charge is 1.89. The van der Waals surface area contributed by atoms with Crippen molar-refractivity contribution in [1.82, 2.24) is 4.90 Å². The van der Waals surface area contributed by atoms with Crippen LogP contribution >= 0.6 is 0 Å². The van der Waals surface area contributed by atoms with E-state index in [1.165, 1.54) is 39.4 Å². The van der Waals surface area contributed by atoms with Gasteiger partial charge >= 0.3 is 5.97 Å². The molecule has 0 amide bonds. The number of ether oxygens (including phenoxy) is 1. The lowest BCUT2D eigenvalue weighted by molar-refractivity contribution is -0.140. The van der Waals surface area contributed by atoms with Crippen LogP contribution in [0.3, 0.4) is 0 Å². The van der Waals surface area contributed by atoms with E-state index in [1.807, 2.05) is 0 Å². The van der Waals surface area contributed by atoms with Gasteiger partial charge in [0.05, 0.1) is 6.61 Å². The minimum atomic E-state index is -0.211. The van der Waals surface area contributed by atoms with Crippen LogP contribution in [0.4, 0.5) is 0 Å². The van der Waals surface area contributed by atoms with Gasteiger partial charge in [-0.3, -0.25) is 4.79 Å². The Morgan fingerprint density at radius 3 is 1.36 bits per heavy atom. The van der Waals surface area contributed by atoms with Crippen LogP contribution in [0.1, 0.15) is 68.2 Å². The van der Waals surface area contributed by atoms with Crippen LogP contribution in [-0.4, -0.2) is 54.8 Å². The smallest absolute Gasteiger partial charge is 0.302 e. The molecule has 0 spiro atoms. The lowest BCUT2D eigenvalue weighted by Crippen LogP contribution is -2.21. The number of aliphatic hydroxyl groups is 1. The Balaban J connectivity index is -0.0000000609. The Labute approximate surface area is 139 Å². The first kappa shape index (κ1) is 33.1. The van der Waals surface area contributed by atoms with Crippen molar-refractivity contribution in [2.45, 2.75) is 68.2 Å². The van der Waals surface area contributed by atoms with Gasteiger partial charge in [0.1, 0.15) is 0 Å². The first-order chi connectivity index (χ1) is 9.89. The van der Waals surface area contributed by atoms with E-state index in [9.17, 15) is 4.79 Å². The molecule has 0 saturated heterocycles. The topological polar surface area (TPSA) is 81.3 Å². The molecule has 0 atom stereocenters. The lowest BCUT2D eigenvalue weighted by Gasteiger charge is -2.13. The maximum absolute atomic E-state index is 9.82. The minimum absolute atomic E-state index is 0. The maximum Gasteiger partial charge on any atom is 0.302 e. The number of nitrogens with zero attached hydrogens (tertiary/aromatic N) is 1. The van der Waals surface area contributed by atoms with Crippen LogP contribution < -0.4 is 0 Å². The molecule has 5 nitrogen and oxygen atoms in total. The first-order valence-corrected chi connectivity index (χ1v) is 8.19. The van der Waals surface area contributed by atoms with Gasteiger partial charge in [0.2, 0.25) is 0 Å². The maximum atomic E-state index is 9.82. The van der Waals surface area contributed by atoms with Crippen molar-refractivity contribution in [1.29, 1.82) is 0 Å². The van der Waals surface area contributed by atoms with Crippen LogP contribution in [0, 0.1) is 5.92 Å². The van der Waals surface area contributed by atoms with Gasteiger partial charge in [-0.05, 0) is 32.5 Å². The predicted octanol–water partition coefficient (Wildman–Crippen LogP) is 3.14. The Bertz CT molecular complexity index is 167. The largest absolute Gasteiger partial charge is 0.466 e.